The van der Waals surface area contributed by atoms with Gasteiger partial charge in [0.05, 0.1) is 17.1 Å². The van der Waals surface area contributed by atoms with Gasteiger partial charge in [-0.05, 0) is 107 Å². The van der Waals surface area contributed by atoms with Crippen molar-refractivity contribution in [3.05, 3.63) is 23.4 Å². The van der Waals surface area contributed by atoms with Crippen molar-refractivity contribution in [2.45, 2.75) is 64.2 Å². The number of carbonyl (C=O) groups excluding carboxylic acids is 2. The summed E-state index contributed by atoms with van der Waals surface area (Å²) >= 11 is 0. The molecule has 6 rings (SSSR count). The molecule has 8 heteroatoms. The van der Waals surface area contributed by atoms with E-state index in [2.05, 4.69) is 39.5 Å². The predicted molar refractivity (Wildman–Crippen MR) is 146 cm³/mol. The molecule has 0 bridgehead atoms. The third-order valence-corrected chi connectivity index (χ3v) is 9.88. The quantitative estimate of drug-likeness (QED) is 0.621. The number of likely N-dealkylation sites (tertiary alicyclic amines) is 1. The second kappa shape index (κ2) is 10.0. The molecule has 1 aromatic heterocycles. The molecule has 37 heavy (non-hydrogen) atoms. The van der Waals surface area contributed by atoms with Crippen molar-refractivity contribution in [2.75, 3.05) is 50.7 Å². The topological polar surface area (TPSA) is 82.5 Å². The van der Waals surface area contributed by atoms with E-state index in [4.69, 9.17) is 5.10 Å². The zero-order valence-electron chi connectivity index (χ0n) is 22.5. The fourth-order valence-electron chi connectivity index (χ4n) is 7.52. The van der Waals surface area contributed by atoms with Crippen molar-refractivity contribution in [1.82, 2.24) is 25.3 Å². The van der Waals surface area contributed by atoms with Gasteiger partial charge in [0.1, 0.15) is 0 Å². The molecule has 1 unspecified atom stereocenters. The summed E-state index contributed by atoms with van der Waals surface area (Å²) < 4.78 is 1.92. The lowest BCUT2D eigenvalue weighted by atomic mass is 9.71. The molecule has 4 saturated heterocycles. The molecule has 2 N–H and O–H groups in total. The summed E-state index contributed by atoms with van der Waals surface area (Å²) in [7, 11) is 1.97. The van der Waals surface area contributed by atoms with E-state index in [9.17, 15) is 9.59 Å². The van der Waals surface area contributed by atoms with Crippen LogP contribution in [0.1, 0.15) is 68.5 Å². The van der Waals surface area contributed by atoms with Crippen LogP contribution in [-0.2, 0) is 16.6 Å². The normalized spacial score (nSPS) is 25.7. The molecule has 1 spiro atoms. The minimum Gasteiger partial charge on any atom is -0.371 e. The van der Waals surface area contributed by atoms with E-state index in [0.29, 0.717) is 18.3 Å². The van der Waals surface area contributed by atoms with Gasteiger partial charge < -0.3 is 15.1 Å². The Morgan fingerprint density at radius 3 is 2.43 bits per heavy atom. The van der Waals surface area contributed by atoms with Crippen molar-refractivity contribution in [3.63, 3.8) is 0 Å². The Kier molecular flexibility index (Phi) is 6.74. The molecule has 1 aromatic carbocycles. The molecule has 1 atom stereocenters. The number of benzene rings is 1. The number of hydrogen-bond acceptors (Lipinski definition) is 6. The molecule has 5 heterocycles. The second-order valence-electron chi connectivity index (χ2n) is 12.1. The summed E-state index contributed by atoms with van der Waals surface area (Å²) in [6.07, 6.45) is 8.90. The Bertz CT molecular complexity index is 1160. The lowest BCUT2D eigenvalue weighted by Gasteiger charge is -2.45. The van der Waals surface area contributed by atoms with Gasteiger partial charge >= 0.3 is 0 Å². The molecule has 8 nitrogen and oxygen atoms in total. The number of rotatable bonds is 4. The maximum absolute atomic E-state index is 12.5. The standard InChI is InChI=1S/C29H42N6O2/c1-20-24(5-3-22-26(32-33(2)27(20)22)23-4-6-25(36)31-28(23)37)35-15-7-21(8-16-35)19-34-17-11-29(12-18-34)9-13-30-14-10-29/h3,5,21,23,30H,4,6-19H2,1-2H3,(H,31,36,37). The Morgan fingerprint density at radius 1 is 1.00 bits per heavy atom. The first-order chi connectivity index (χ1) is 17.9. The third kappa shape index (κ3) is 4.78. The fraction of sp³-hybridized carbons (Fsp3) is 0.690. The molecular weight excluding hydrogens is 464 g/mol. The van der Waals surface area contributed by atoms with Gasteiger partial charge in [-0.3, -0.25) is 19.6 Å². The predicted octanol–water partition coefficient (Wildman–Crippen LogP) is 3.08. The van der Waals surface area contributed by atoms with Gasteiger partial charge in [0.2, 0.25) is 11.8 Å². The van der Waals surface area contributed by atoms with Crippen molar-refractivity contribution in [2.24, 2.45) is 18.4 Å². The van der Waals surface area contributed by atoms with Crippen LogP contribution in [0, 0.1) is 18.3 Å². The van der Waals surface area contributed by atoms with Crippen LogP contribution in [0.3, 0.4) is 0 Å². The Balaban J connectivity index is 1.09. The number of carbonyl (C=O) groups is 2. The smallest absolute Gasteiger partial charge is 0.235 e. The Hall–Kier alpha value is -2.45. The van der Waals surface area contributed by atoms with Crippen molar-refractivity contribution in [1.29, 1.82) is 0 Å². The summed E-state index contributed by atoms with van der Waals surface area (Å²) in [5.41, 5.74) is 5.04. The molecule has 0 radical (unpaired) electrons. The number of aromatic nitrogens is 2. The minimum absolute atomic E-state index is 0.186. The van der Waals surface area contributed by atoms with Crippen LogP contribution in [0.15, 0.2) is 12.1 Å². The first-order valence-corrected chi connectivity index (χ1v) is 14.4. The number of imide groups is 1. The van der Waals surface area contributed by atoms with E-state index < -0.39 is 0 Å². The highest BCUT2D eigenvalue weighted by Crippen LogP contribution is 2.40. The van der Waals surface area contributed by atoms with Gasteiger partial charge in [-0.1, -0.05) is 0 Å². The van der Waals surface area contributed by atoms with Crippen LogP contribution in [0.2, 0.25) is 0 Å². The molecule has 4 fully saturated rings. The van der Waals surface area contributed by atoms with Gasteiger partial charge in [-0.2, -0.15) is 5.10 Å². The molecule has 4 aliphatic heterocycles. The number of nitrogens with one attached hydrogen (secondary N) is 2. The first-order valence-electron chi connectivity index (χ1n) is 14.4. The van der Waals surface area contributed by atoms with Crippen LogP contribution >= 0.6 is 0 Å². The maximum atomic E-state index is 12.5. The summed E-state index contributed by atoms with van der Waals surface area (Å²) in [5.74, 6) is 0.0223. The van der Waals surface area contributed by atoms with E-state index in [1.807, 2.05) is 11.7 Å². The van der Waals surface area contributed by atoms with Crippen LogP contribution < -0.4 is 15.5 Å². The van der Waals surface area contributed by atoms with E-state index in [1.54, 1.807) is 0 Å². The number of aryl methyl sites for hydroxylation is 2. The number of amides is 2. The number of nitrogens with zero attached hydrogens (tertiary/aromatic N) is 4. The highest BCUT2D eigenvalue weighted by Gasteiger charge is 2.36. The Labute approximate surface area is 220 Å². The van der Waals surface area contributed by atoms with E-state index >= 15 is 0 Å². The van der Waals surface area contributed by atoms with Crippen molar-refractivity contribution in [3.8, 4) is 0 Å². The SMILES string of the molecule is Cc1c(N2CCC(CN3CCC4(CCNCC4)CC3)CC2)ccc2c(C3CCC(=O)NC3=O)nn(C)c12. The number of fused-ring (bicyclic) bond motifs is 1. The third-order valence-electron chi connectivity index (χ3n) is 9.88. The van der Waals surface area contributed by atoms with Gasteiger partial charge in [-0.15, -0.1) is 0 Å². The average molecular weight is 507 g/mol. The maximum Gasteiger partial charge on any atom is 0.235 e. The number of anilines is 1. The fourth-order valence-corrected chi connectivity index (χ4v) is 7.52. The van der Waals surface area contributed by atoms with E-state index in [-0.39, 0.29) is 17.7 Å². The van der Waals surface area contributed by atoms with Crippen LogP contribution in [0.25, 0.3) is 10.9 Å². The zero-order chi connectivity index (χ0) is 25.6. The zero-order valence-corrected chi connectivity index (χ0v) is 22.5. The van der Waals surface area contributed by atoms with Gasteiger partial charge in [0.15, 0.2) is 0 Å². The van der Waals surface area contributed by atoms with Crippen molar-refractivity contribution < 1.29 is 9.59 Å². The lowest BCUT2D eigenvalue weighted by molar-refractivity contribution is -0.134. The molecule has 2 amide bonds. The highest BCUT2D eigenvalue weighted by atomic mass is 16.2. The summed E-state index contributed by atoms with van der Waals surface area (Å²) in [6.45, 7) is 10.6. The number of piperidine rings is 4. The van der Waals surface area contributed by atoms with E-state index in [0.717, 1.165) is 35.6 Å². The lowest BCUT2D eigenvalue weighted by Crippen LogP contribution is -2.47. The van der Waals surface area contributed by atoms with Gasteiger partial charge in [0.25, 0.3) is 0 Å². The van der Waals surface area contributed by atoms with Gasteiger partial charge in [-0.25, -0.2) is 0 Å². The van der Waals surface area contributed by atoms with E-state index in [1.165, 1.54) is 82.5 Å². The second-order valence-corrected chi connectivity index (χ2v) is 12.1. The van der Waals surface area contributed by atoms with Crippen LogP contribution in [-0.4, -0.2) is 72.3 Å². The molecule has 200 valence electrons. The monoisotopic (exact) mass is 506 g/mol. The largest absolute Gasteiger partial charge is 0.371 e. The molecule has 0 aliphatic carbocycles. The van der Waals surface area contributed by atoms with Crippen molar-refractivity contribution >= 4 is 28.4 Å². The molecule has 0 saturated carbocycles. The summed E-state index contributed by atoms with van der Waals surface area (Å²) in [6, 6.07) is 4.36. The molecule has 4 aliphatic rings. The Morgan fingerprint density at radius 2 is 1.73 bits per heavy atom. The molecule has 2 aromatic rings. The van der Waals surface area contributed by atoms with Crippen LogP contribution in [0.5, 0.6) is 0 Å². The first kappa shape index (κ1) is 24.9. The highest BCUT2D eigenvalue weighted by molar-refractivity contribution is 6.03. The minimum atomic E-state index is -0.359. The summed E-state index contributed by atoms with van der Waals surface area (Å²) in [4.78, 5) is 29.4. The van der Waals surface area contributed by atoms with Gasteiger partial charge in [0, 0.05) is 44.2 Å². The molecular formula is C29H42N6O2. The summed E-state index contributed by atoms with van der Waals surface area (Å²) in [5, 5.41) is 11.8. The van der Waals surface area contributed by atoms with Crippen LogP contribution in [0.4, 0.5) is 5.69 Å². The average Bonchev–Trinajstić information content (AvgIpc) is 3.24. The number of hydrogen-bond donors (Lipinski definition) is 2.